The molecule has 0 spiro atoms. The molecule has 2 N–H and O–H groups in total. The smallest absolute Gasteiger partial charge is 0.301 e. The molecule has 2 aromatic carbocycles. The standard InChI is InChI=1S/C24H24ClN5O4S/c25-21-8-5-18(16-20(21)23-22(2-1-9-26-23)29-12-14-34-15-13-29)28-24(31)17-3-6-19(7-4-17)30-11-10-27-35(30,32)33/h1-9,16,27H,10-15H2,(H,28,31). The highest BCUT2D eigenvalue weighted by Gasteiger charge is 2.28. The first-order valence-electron chi connectivity index (χ1n) is 11.2. The first-order chi connectivity index (χ1) is 16.9. The van der Waals surface area contributed by atoms with Gasteiger partial charge in [-0.1, -0.05) is 11.6 Å². The van der Waals surface area contributed by atoms with Crippen LogP contribution in [0.1, 0.15) is 10.4 Å². The van der Waals surface area contributed by atoms with Crippen LogP contribution >= 0.6 is 11.6 Å². The lowest BCUT2D eigenvalue weighted by Gasteiger charge is -2.30. The van der Waals surface area contributed by atoms with Crippen LogP contribution in [0.15, 0.2) is 60.8 Å². The number of pyridine rings is 1. The third-order valence-corrected chi connectivity index (χ3v) is 7.80. The predicted molar refractivity (Wildman–Crippen MR) is 136 cm³/mol. The van der Waals surface area contributed by atoms with E-state index >= 15 is 0 Å². The molecule has 0 radical (unpaired) electrons. The molecule has 35 heavy (non-hydrogen) atoms. The predicted octanol–water partition coefficient (Wildman–Crippen LogP) is 3.15. The van der Waals surface area contributed by atoms with Crippen molar-refractivity contribution in [2.75, 3.05) is 53.9 Å². The number of amides is 1. The number of nitrogens with one attached hydrogen (secondary N) is 2. The van der Waals surface area contributed by atoms with Crippen molar-refractivity contribution in [1.29, 1.82) is 0 Å². The number of ether oxygens (including phenoxy) is 1. The number of morpholine rings is 1. The van der Waals surface area contributed by atoms with E-state index < -0.39 is 10.2 Å². The Morgan fingerprint density at radius 2 is 1.83 bits per heavy atom. The number of hydrogen-bond acceptors (Lipinski definition) is 6. The van der Waals surface area contributed by atoms with E-state index in [0.29, 0.717) is 53.8 Å². The van der Waals surface area contributed by atoms with E-state index in [-0.39, 0.29) is 5.91 Å². The van der Waals surface area contributed by atoms with Crippen LogP contribution in [-0.4, -0.2) is 58.7 Å². The van der Waals surface area contributed by atoms with Gasteiger partial charge in [-0.2, -0.15) is 13.1 Å². The topological polar surface area (TPSA) is 104 Å². The average Bonchev–Trinajstić information content (AvgIpc) is 3.24. The Hall–Kier alpha value is -3.18. The van der Waals surface area contributed by atoms with E-state index in [0.717, 1.165) is 24.5 Å². The summed E-state index contributed by atoms with van der Waals surface area (Å²) >= 11 is 6.54. The number of anilines is 3. The lowest BCUT2D eigenvalue weighted by Crippen LogP contribution is -2.36. The van der Waals surface area contributed by atoms with Crippen molar-refractivity contribution in [1.82, 2.24) is 9.71 Å². The fraction of sp³-hybridized carbons (Fsp3) is 0.250. The van der Waals surface area contributed by atoms with Crippen LogP contribution in [0.3, 0.4) is 0 Å². The maximum Gasteiger partial charge on any atom is 0.301 e. The van der Waals surface area contributed by atoms with Crippen LogP contribution < -0.4 is 19.2 Å². The number of hydrogen-bond donors (Lipinski definition) is 2. The van der Waals surface area contributed by atoms with Crippen molar-refractivity contribution in [3.8, 4) is 11.3 Å². The summed E-state index contributed by atoms with van der Waals surface area (Å²) in [6.45, 7) is 3.53. The Bertz CT molecular complexity index is 1340. The van der Waals surface area contributed by atoms with Crippen molar-refractivity contribution in [3.63, 3.8) is 0 Å². The molecular formula is C24H24ClN5O4S. The third kappa shape index (κ3) is 4.96. The van der Waals surface area contributed by atoms with Gasteiger partial charge in [-0.15, -0.1) is 0 Å². The van der Waals surface area contributed by atoms with Crippen LogP contribution in [0.25, 0.3) is 11.3 Å². The third-order valence-electron chi connectivity index (χ3n) is 5.92. The molecule has 2 aliphatic rings. The number of rotatable bonds is 5. The van der Waals surface area contributed by atoms with Crippen molar-refractivity contribution < 1.29 is 17.9 Å². The highest BCUT2D eigenvalue weighted by Crippen LogP contribution is 2.35. The molecule has 0 bridgehead atoms. The SMILES string of the molecule is O=C(Nc1ccc(Cl)c(-c2ncccc2N2CCOCC2)c1)c1ccc(N2CCNS2(=O)=O)cc1. The molecule has 3 aromatic rings. The van der Waals surface area contributed by atoms with Gasteiger partial charge in [0.1, 0.15) is 0 Å². The fourth-order valence-electron chi connectivity index (χ4n) is 4.17. The molecule has 9 nitrogen and oxygen atoms in total. The second-order valence-corrected chi connectivity index (χ2v) is 10.2. The largest absolute Gasteiger partial charge is 0.378 e. The quantitative estimate of drug-likeness (QED) is 0.543. The second kappa shape index (κ2) is 9.82. The summed E-state index contributed by atoms with van der Waals surface area (Å²) in [5.41, 5.74) is 3.90. The molecule has 2 fully saturated rings. The van der Waals surface area contributed by atoms with Gasteiger partial charge in [-0.3, -0.25) is 14.1 Å². The molecular weight excluding hydrogens is 490 g/mol. The van der Waals surface area contributed by atoms with Gasteiger partial charge in [0.2, 0.25) is 0 Å². The Morgan fingerprint density at radius 3 is 2.54 bits per heavy atom. The summed E-state index contributed by atoms with van der Waals surface area (Å²) < 4.78 is 33.3. The number of halogens is 1. The monoisotopic (exact) mass is 513 g/mol. The summed E-state index contributed by atoms with van der Waals surface area (Å²) in [6.07, 6.45) is 1.72. The summed E-state index contributed by atoms with van der Waals surface area (Å²) in [5.74, 6) is -0.318. The molecule has 1 aromatic heterocycles. The van der Waals surface area contributed by atoms with Crippen LogP contribution in [0.5, 0.6) is 0 Å². The number of benzene rings is 2. The van der Waals surface area contributed by atoms with Gasteiger partial charge in [0, 0.05) is 49.2 Å². The minimum absolute atomic E-state index is 0.318. The Morgan fingerprint density at radius 1 is 1.06 bits per heavy atom. The molecule has 3 heterocycles. The van der Waals surface area contributed by atoms with Gasteiger partial charge in [0.25, 0.3) is 5.91 Å². The number of aromatic nitrogens is 1. The lowest BCUT2D eigenvalue weighted by molar-refractivity contribution is 0.102. The highest BCUT2D eigenvalue weighted by atomic mass is 35.5. The highest BCUT2D eigenvalue weighted by molar-refractivity contribution is 7.91. The van der Waals surface area contributed by atoms with Gasteiger partial charge in [-0.05, 0) is 54.6 Å². The molecule has 5 rings (SSSR count). The van der Waals surface area contributed by atoms with Crippen molar-refractivity contribution in [2.24, 2.45) is 0 Å². The fourth-order valence-corrected chi connectivity index (χ4v) is 5.62. The van der Waals surface area contributed by atoms with Gasteiger partial charge < -0.3 is 15.0 Å². The molecule has 1 amide bonds. The molecule has 0 aliphatic carbocycles. The maximum absolute atomic E-state index is 12.9. The minimum atomic E-state index is -3.51. The first kappa shape index (κ1) is 23.6. The lowest BCUT2D eigenvalue weighted by atomic mass is 10.1. The molecule has 0 unspecified atom stereocenters. The van der Waals surface area contributed by atoms with Crippen LogP contribution in [-0.2, 0) is 14.9 Å². The van der Waals surface area contributed by atoms with Crippen LogP contribution in [0, 0.1) is 0 Å². The maximum atomic E-state index is 12.9. The van der Waals surface area contributed by atoms with Crippen molar-refractivity contribution >= 4 is 44.8 Å². The normalized spacial score (nSPS) is 17.4. The van der Waals surface area contributed by atoms with Gasteiger partial charge in [-0.25, -0.2) is 0 Å². The number of carbonyl (C=O) groups excluding carboxylic acids is 1. The van der Waals surface area contributed by atoms with E-state index in [1.165, 1.54) is 4.31 Å². The average molecular weight is 514 g/mol. The summed E-state index contributed by atoms with van der Waals surface area (Å²) in [7, 11) is -3.51. The second-order valence-electron chi connectivity index (χ2n) is 8.14. The van der Waals surface area contributed by atoms with E-state index in [2.05, 4.69) is 19.9 Å². The number of carbonyl (C=O) groups is 1. The van der Waals surface area contributed by atoms with E-state index in [1.807, 2.05) is 18.2 Å². The van der Waals surface area contributed by atoms with E-state index in [9.17, 15) is 13.2 Å². The Kier molecular flexibility index (Phi) is 6.61. The first-order valence-corrected chi connectivity index (χ1v) is 13.0. The molecule has 0 atom stereocenters. The molecule has 2 aliphatic heterocycles. The van der Waals surface area contributed by atoms with E-state index in [1.54, 1.807) is 42.6 Å². The van der Waals surface area contributed by atoms with Gasteiger partial charge in [0.15, 0.2) is 0 Å². The Balaban J connectivity index is 1.37. The zero-order chi connectivity index (χ0) is 24.4. The molecule has 182 valence electrons. The van der Waals surface area contributed by atoms with Gasteiger partial charge in [0.05, 0.1) is 35.3 Å². The minimum Gasteiger partial charge on any atom is -0.378 e. The molecule has 2 saturated heterocycles. The Labute approximate surface area is 208 Å². The zero-order valence-electron chi connectivity index (χ0n) is 18.8. The van der Waals surface area contributed by atoms with Crippen LogP contribution in [0.4, 0.5) is 17.1 Å². The van der Waals surface area contributed by atoms with Crippen molar-refractivity contribution in [3.05, 3.63) is 71.4 Å². The van der Waals surface area contributed by atoms with Crippen molar-refractivity contribution in [2.45, 2.75) is 0 Å². The van der Waals surface area contributed by atoms with Crippen LogP contribution in [0.2, 0.25) is 5.02 Å². The number of nitrogens with zero attached hydrogens (tertiary/aromatic N) is 3. The van der Waals surface area contributed by atoms with E-state index in [4.69, 9.17) is 16.3 Å². The summed E-state index contributed by atoms with van der Waals surface area (Å²) in [6, 6.07) is 15.6. The summed E-state index contributed by atoms with van der Waals surface area (Å²) in [4.78, 5) is 19.7. The molecule has 0 saturated carbocycles. The zero-order valence-corrected chi connectivity index (χ0v) is 20.3. The van der Waals surface area contributed by atoms with Gasteiger partial charge >= 0.3 is 10.2 Å². The summed E-state index contributed by atoms with van der Waals surface area (Å²) in [5, 5.41) is 3.43. The molecule has 11 heteroatoms.